The molecular formula is C27H33N3O4S. The van der Waals surface area contributed by atoms with E-state index in [4.69, 9.17) is 4.74 Å². The van der Waals surface area contributed by atoms with Crippen molar-refractivity contribution in [3.63, 3.8) is 0 Å². The van der Waals surface area contributed by atoms with Crippen LogP contribution in [0.2, 0.25) is 0 Å². The van der Waals surface area contributed by atoms with E-state index in [1.807, 2.05) is 49.3 Å². The minimum Gasteiger partial charge on any atom is -0.497 e. The second-order valence-electron chi connectivity index (χ2n) is 8.45. The van der Waals surface area contributed by atoms with Gasteiger partial charge in [0.05, 0.1) is 23.7 Å². The van der Waals surface area contributed by atoms with Crippen molar-refractivity contribution < 1.29 is 17.9 Å². The molecule has 7 nitrogen and oxygen atoms in total. The first-order chi connectivity index (χ1) is 16.7. The second kappa shape index (κ2) is 11.4. The fraction of sp³-hybridized carbons (Fsp3) is 0.296. The van der Waals surface area contributed by atoms with Crippen LogP contribution >= 0.6 is 0 Å². The number of amides is 1. The fourth-order valence-corrected chi connectivity index (χ4v) is 5.67. The number of anilines is 1. The topological polar surface area (TPSA) is 79.0 Å². The van der Waals surface area contributed by atoms with E-state index in [1.54, 1.807) is 57.4 Å². The van der Waals surface area contributed by atoms with Crippen molar-refractivity contribution in [1.29, 1.82) is 0 Å². The van der Waals surface area contributed by atoms with E-state index >= 15 is 0 Å². The van der Waals surface area contributed by atoms with Gasteiger partial charge in [-0.3, -0.25) is 9.10 Å². The summed E-state index contributed by atoms with van der Waals surface area (Å²) in [5.41, 5.74) is 2.49. The number of carbonyl (C=O) groups excluding carboxylic acids is 1. The highest BCUT2D eigenvalue weighted by molar-refractivity contribution is 7.92. The van der Waals surface area contributed by atoms with Crippen molar-refractivity contribution in [2.24, 2.45) is 0 Å². The van der Waals surface area contributed by atoms with E-state index in [1.165, 1.54) is 10.4 Å². The lowest BCUT2D eigenvalue weighted by atomic mass is 10.1. The number of carbonyl (C=O) groups is 1. The molecule has 1 atom stereocenters. The molecular weight excluding hydrogens is 462 g/mol. The third kappa shape index (κ3) is 6.01. The first kappa shape index (κ1) is 26.2. The van der Waals surface area contributed by atoms with Gasteiger partial charge >= 0.3 is 0 Å². The number of para-hydroxylation sites is 1. The molecule has 0 radical (unpaired) electrons. The normalized spacial score (nSPS) is 12.3. The number of rotatable bonds is 10. The lowest BCUT2D eigenvalue weighted by molar-refractivity contribution is 0.0941. The van der Waals surface area contributed by atoms with Gasteiger partial charge < -0.3 is 15.0 Å². The number of methoxy groups -OCH3 is 1. The summed E-state index contributed by atoms with van der Waals surface area (Å²) in [5, 5.41) is 2.96. The smallest absolute Gasteiger partial charge is 0.264 e. The summed E-state index contributed by atoms with van der Waals surface area (Å²) < 4.78 is 33.6. The van der Waals surface area contributed by atoms with E-state index in [0.29, 0.717) is 23.4 Å². The summed E-state index contributed by atoms with van der Waals surface area (Å²) in [6.45, 7) is 4.16. The SMILES string of the molecule is CCN(c1ccccc1)S(=O)(=O)c1cc(C(=O)NC[C@H](c2ccc(OC)cc2)N(C)C)ccc1C. The van der Waals surface area contributed by atoms with E-state index in [2.05, 4.69) is 5.32 Å². The largest absolute Gasteiger partial charge is 0.497 e. The van der Waals surface area contributed by atoms with Crippen LogP contribution in [0.4, 0.5) is 5.69 Å². The molecule has 0 spiro atoms. The molecule has 35 heavy (non-hydrogen) atoms. The molecule has 0 aliphatic rings. The number of benzene rings is 3. The maximum absolute atomic E-state index is 13.5. The van der Waals surface area contributed by atoms with E-state index in [0.717, 1.165) is 11.3 Å². The Labute approximate surface area is 208 Å². The molecule has 0 saturated carbocycles. The molecule has 0 aliphatic heterocycles. The molecule has 0 fully saturated rings. The summed E-state index contributed by atoms with van der Waals surface area (Å²) in [7, 11) is 1.66. The van der Waals surface area contributed by atoms with Crippen LogP contribution in [-0.2, 0) is 10.0 Å². The quantitative estimate of drug-likeness (QED) is 0.455. The van der Waals surface area contributed by atoms with Crippen molar-refractivity contribution >= 4 is 21.6 Å². The predicted octanol–water partition coefficient (Wildman–Crippen LogP) is 4.25. The number of nitrogens with one attached hydrogen (secondary N) is 1. The van der Waals surface area contributed by atoms with E-state index in [-0.39, 0.29) is 23.4 Å². The van der Waals surface area contributed by atoms with Crippen molar-refractivity contribution in [2.45, 2.75) is 24.8 Å². The van der Waals surface area contributed by atoms with Crippen LogP contribution < -0.4 is 14.4 Å². The minimum absolute atomic E-state index is 0.0628. The Morgan fingerprint density at radius 2 is 1.66 bits per heavy atom. The summed E-state index contributed by atoms with van der Waals surface area (Å²) in [5.74, 6) is 0.435. The van der Waals surface area contributed by atoms with Gasteiger partial charge in [0.1, 0.15) is 5.75 Å². The highest BCUT2D eigenvalue weighted by Crippen LogP contribution is 2.26. The highest BCUT2D eigenvalue weighted by atomic mass is 32.2. The number of ether oxygens (including phenoxy) is 1. The molecule has 0 bridgehead atoms. The number of aryl methyl sites for hydroxylation is 1. The summed E-state index contributed by atoms with van der Waals surface area (Å²) in [6.07, 6.45) is 0. The zero-order valence-electron chi connectivity index (χ0n) is 20.9. The van der Waals surface area contributed by atoms with Gasteiger partial charge in [0.2, 0.25) is 0 Å². The monoisotopic (exact) mass is 495 g/mol. The van der Waals surface area contributed by atoms with Gasteiger partial charge in [0.15, 0.2) is 0 Å². The molecule has 1 amide bonds. The summed E-state index contributed by atoms with van der Waals surface area (Å²) in [6, 6.07) is 21.4. The van der Waals surface area contributed by atoms with Crippen molar-refractivity contribution in [3.05, 3.63) is 89.5 Å². The Hall–Kier alpha value is -3.36. The molecule has 0 saturated heterocycles. The van der Waals surface area contributed by atoms with Crippen LogP contribution in [-0.4, -0.2) is 53.5 Å². The van der Waals surface area contributed by atoms with Crippen LogP contribution in [0, 0.1) is 6.92 Å². The van der Waals surface area contributed by atoms with E-state index < -0.39 is 10.0 Å². The maximum atomic E-state index is 13.5. The average molecular weight is 496 g/mol. The van der Waals surface area contributed by atoms with Crippen LogP contribution in [0.1, 0.15) is 34.5 Å². The van der Waals surface area contributed by atoms with Gasteiger partial charge in [-0.05, 0) is 75.5 Å². The first-order valence-corrected chi connectivity index (χ1v) is 12.9. The van der Waals surface area contributed by atoms with Crippen molar-refractivity contribution in [3.8, 4) is 5.75 Å². The van der Waals surface area contributed by atoms with Crippen molar-refractivity contribution in [2.75, 3.05) is 38.6 Å². The van der Waals surface area contributed by atoms with Crippen LogP contribution in [0.5, 0.6) is 5.75 Å². The van der Waals surface area contributed by atoms with Crippen LogP contribution in [0.15, 0.2) is 77.7 Å². The Balaban J connectivity index is 1.83. The fourth-order valence-electron chi connectivity index (χ4n) is 3.94. The van der Waals surface area contributed by atoms with Gasteiger partial charge in [-0.1, -0.05) is 36.4 Å². The summed E-state index contributed by atoms with van der Waals surface area (Å²) >= 11 is 0. The van der Waals surface area contributed by atoms with Gasteiger partial charge in [0.25, 0.3) is 15.9 Å². The number of sulfonamides is 1. The Morgan fingerprint density at radius 1 is 1.00 bits per heavy atom. The van der Waals surface area contributed by atoms with Gasteiger partial charge in [-0.25, -0.2) is 8.42 Å². The zero-order chi connectivity index (χ0) is 25.6. The Morgan fingerprint density at radius 3 is 2.23 bits per heavy atom. The van der Waals surface area contributed by atoms with Crippen LogP contribution in [0.25, 0.3) is 0 Å². The molecule has 0 aromatic heterocycles. The lowest BCUT2D eigenvalue weighted by Crippen LogP contribution is -2.35. The molecule has 0 aliphatic carbocycles. The molecule has 0 unspecified atom stereocenters. The molecule has 8 heteroatoms. The van der Waals surface area contributed by atoms with Crippen molar-refractivity contribution in [1.82, 2.24) is 10.2 Å². The number of likely N-dealkylation sites (N-methyl/N-ethyl adjacent to an activating group) is 1. The molecule has 1 N–H and O–H groups in total. The number of nitrogens with zero attached hydrogens (tertiary/aromatic N) is 2. The predicted molar refractivity (Wildman–Crippen MR) is 140 cm³/mol. The van der Waals surface area contributed by atoms with E-state index in [9.17, 15) is 13.2 Å². The first-order valence-electron chi connectivity index (χ1n) is 11.5. The molecule has 3 aromatic carbocycles. The van der Waals surface area contributed by atoms with Crippen LogP contribution in [0.3, 0.4) is 0 Å². The second-order valence-corrected chi connectivity index (χ2v) is 10.3. The molecule has 0 heterocycles. The third-order valence-electron chi connectivity index (χ3n) is 5.93. The maximum Gasteiger partial charge on any atom is 0.264 e. The number of hydrogen-bond donors (Lipinski definition) is 1. The van der Waals surface area contributed by atoms with Gasteiger partial charge in [0, 0.05) is 18.7 Å². The average Bonchev–Trinajstić information content (AvgIpc) is 2.85. The Kier molecular flexibility index (Phi) is 8.53. The Bertz CT molecular complexity index is 1240. The molecule has 3 aromatic rings. The third-order valence-corrected chi connectivity index (χ3v) is 7.97. The minimum atomic E-state index is -3.85. The number of hydrogen-bond acceptors (Lipinski definition) is 5. The standard InChI is InChI=1S/C27H33N3O4S/c1-6-30(23-10-8-7-9-11-23)35(32,33)26-18-22(13-12-20(26)2)27(31)28-19-25(29(3)4)21-14-16-24(34-5)17-15-21/h7-18,25H,6,19H2,1-5H3,(H,28,31)/t25-/m1/s1. The van der Waals surface area contributed by atoms with Gasteiger partial charge in [-0.2, -0.15) is 0 Å². The molecule has 186 valence electrons. The summed E-state index contributed by atoms with van der Waals surface area (Å²) in [4.78, 5) is 15.2. The molecule has 3 rings (SSSR count). The lowest BCUT2D eigenvalue weighted by Gasteiger charge is -2.26. The zero-order valence-corrected chi connectivity index (χ0v) is 21.7. The highest BCUT2D eigenvalue weighted by Gasteiger charge is 2.26. The van der Waals surface area contributed by atoms with Gasteiger partial charge in [-0.15, -0.1) is 0 Å².